The summed E-state index contributed by atoms with van der Waals surface area (Å²) in [5.41, 5.74) is 0.288. The summed E-state index contributed by atoms with van der Waals surface area (Å²) in [7, 11) is 0.181. The van der Waals surface area contributed by atoms with Crippen molar-refractivity contribution in [1.82, 2.24) is 34.7 Å². The minimum atomic E-state index is -4.09. The summed E-state index contributed by atoms with van der Waals surface area (Å²) < 4.78 is 47.4. The van der Waals surface area contributed by atoms with Crippen molar-refractivity contribution in [3.63, 3.8) is 0 Å². The zero-order valence-electron chi connectivity index (χ0n) is 20.3. The molecule has 13 nitrogen and oxygen atoms in total. The zero-order chi connectivity index (χ0) is 25.9. The second-order valence-corrected chi connectivity index (χ2v) is 10.8. The lowest BCUT2D eigenvalue weighted by molar-refractivity contribution is 0.0950. The van der Waals surface area contributed by atoms with Crippen LogP contribution in [0.5, 0.6) is 11.8 Å². The van der Waals surface area contributed by atoms with Gasteiger partial charge in [0.25, 0.3) is 0 Å². The first-order valence-corrected chi connectivity index (χ1v) is 13.1. The fraction of sp³-hybridized carbons (Fsp3) is 0.524. The average Bonchev–Trinajstić information content (AvgIpc) is 3.23. The SMILES string of the molecule is COc1ncnc(OC)c1-n1c(CC2CCC2)nnc1NS(=O)(=O)[C@@H](C)[C@H](OC)c1ncc(Cl)cn1. The molecule has 0 aromatic carbocycles. The first-order chi connectivity index (χ1) is 17.3. The first kappa shape index (κ1) is 26.0. The number of nitrogens with zero attached hydrogens (tertiary/aromatic N) is 7. The number of rotatable bonds is 11. The number of methoxy groups -OCH3 is 3. The van der Waals surface area contributed by atoms with Crippen molar-refractivity contribution in [2.24, 2.45) is 5.92 Å². The van der Waals surface area contributed by atoms with Crippen LogP contribution in [0.15, 0.2) is 18.7 Å². The highest BCUT2D eigenvalue weighted by atomic mass is 35.5. The molecule has 1 aliphatic carbocycles. The summed E-state index contributed by atoms with van der Waals surface area (Å²) in [6, 6.07) is 0. The molecule has 0 radical (unpaired) electrons. The average molecular weight is 539 g/mol. The van der Waals surface area contributed by atoms with Crippen LogP contribution >= 0.6 is 11.6 Å². The first-order valence-electron chi connectivity index (χ1n) is 11.2. The second kappa shape index (κ2) is 10.9. The van der Waals surface area contributed by atoms with Crippen LogP contribution in [0.25, 0.3) is 5.69 Å². The van der Waals surface area contributed by atoms with Gasteiger partial charge in [-0.25, -0.2) is 18.4 Å². The summed E-state index contributed by atoms with van der Waals surface area (Å²) in [5, 5.41) is 7.66. The third-order valence-corrected chi connectivity index (χ3v) is 7.98. The molecule has 1 fully saturated rings. The van der Waals surface area contributed by atoms with E-state index < -0.39 is 21.4 Å². The lowest BCUT2D eigenvalue weighted by Crippen LogP contribution is -2.33. The standard InChI is InChI=1S/C21H27ClN8O5S/c1-12(17(33-2)18-23-9-14(22)10-24-18)36(31,32)29-21-28-27-15(8-13-6-5-7-13)30(21)16-19(34-3)25-11-26-20(16)35-4/h9-13,17H,5-8H2,1-4H3,(H,28,29)/t12-,17-/m0/s1. The number of aromatic nitrogens is 7. The maximum absolute atomic E-state index is 13.5. The molecule has 0 unspecified atom stereocenters. The van der Waals surface area contributed by atoms with Gasteiger partial charge < -0.3 is 14.2 Å². The smallest absolute Gasteiger partial charge is 0.245 e. The summed E-state index contributed by atoms with van der Waals surface area (Å²) >= 11 is 5.87. The molecule has 194 valence electrons. The molecule has 3 aromatic heterocycles. The monoisotopic (exact) mass is 538 g/mol. The molecule has 0 bridgehead atoms. The van der Waals surface area contributed by atoms with Gasteiger partial charge in [-0.15, -0.1) is 10.2 Å². The normalized spacial score (nSPS) is 15.7. The molecule has 0 saturated heterocycles. The van der Waals surface area contributed by atoms with Gasteiger partial charge in [0.1, 0.15) is 23.5 Å². The van der Waals surface area contributed by atoms with Crippen molar-refractivity contribution in [1.29, 1.82) is 0 Å². The van der Waals surface area contributed by atoms with E-state index in [0.29, 0.717) is 23.2 Å². The Kier molecular flexibility index (Phi) is 7.85. The molecule has 1 aliphatic rings. The van der Waals surface area contributed by atoms with Crippen molar-refractivity contribution >= 4 is 27.6 Å². The highest BCUT2D eigenvalue weighted by Crippen LogP contribution is 2.36. The van der Waals surface area contributed by atoms with E-state index in [4.69, 9.17) is 25.8 Å². The van der Waals surface area contributed by atoms with E-state index >= 15 is 0 Å². The maximum Gasteiger partial charge on any atom is 0.245 e. The van der Waals surface area contributed by atoms with Gasteiger partial charge in [0, 0.05) is 25.9 Å². The Morgan fingerprint density at radius 1 is 1.08 bits per heavy atom. The van der Waals surface area contributed by atoms with Crippen LogP contribution in [0.1, 0.15) is 43.9 Å². The van der Waals surface area contributed by atoms with Gasteiger partial charge in [-0.3, -0.25) is 9.29 Å². The molecular formula is C21H27ClN8O5S. The van der Waals surface area contributed by atoms with E-state index in [1.165, 1.54) is 51.5 Å². The van der Waals surface area contributed by atoms with Crippen LogP contribution in [-0.2, 0) is 21.2 Å². The Hall–Kier alpha value is -3.10. The number of halogens is 1. The minimum Gasteiger partial charge on any atom is -0.479 e. The highest BCUT2D eigenvalue weighted by Gasteiger charge is 2.35. The predicted molar refractivity (Wildman–Crippen MR) is 130 cm³/mol. The largest absolute Gasteiger partial charge is 0.479 e. The number of sulfonamides is 1. The fourth-order valence-corrected chi connectivity index (χ4v) is 5.13. The topological polar surface area (TPSA) is 156 Å². The van der Waals surface area contributed by atoms with Crippen LogP contribution in [0, 0.1) is 5.92 Å². The molecule has 1 saturated carbocycles. The van der Waals surface area contributed by atoms with Crippen molar-refractivity contribution in [3.05, 3.63) is 35.4 Å². The van der Waals surface area contributed by atoms with Crippen molar-refractivity contribution in [2.45, 2.75) is 44.0 Å². The zero-order valence-corrected chi connectivity index (χ0v) is 21.8. The molecule has 3 aromatic rings. The Balaban J connectivity index is 1.74. The Labute approximate surface area is 213 Å². The van der Waals surface area contributed by atoms with E-state index in [1.807, 2.05) is 0 Å². The predicted octanol–water partition coefficient (Wildman–Crippen LogP) is 2.38. The van der Waals surface area contributed by atoms with Crippen LogP contribution in [0.4, 0.5) is 5.95 Å². The maximum atomic E-state index is 13.5. The number of ether oxygens (including phenoxy) is 3. The van der Waals surface area contributed by atoms with Gasteiger partial charge in [-0.1, -0.05) is 30.9 Å². The third kappa shape index (κ3) is 5.20. The van der Waals surface area contributed by atoms with E-state index in [0.717, 1.165) is 19.3 Å². The summed E-state index contributed by atoms with van der Waals surface area (Å²) in [4.78, 5) is 16.5. The lowest BCUT2D eigenvalue weighted by atomic mass is 9.83. The van der Waals surface area contributed by atoms with E-state index in [9.17, 15) is 8.42 Å². The molecule has 1 N–H and O–H groups in total. The molecule has 0 aliphatic heterocycles. The van der Waals surface area contributed by atoms with E-state index in [-0.39, 0.29) is 29.2 Å². The van der Waals surface area contributed by atoms with Crippen LogP contribution < -0.4 is 14.2 Å². The number of hydrogen-bond acceptors (Lipinski definition) is 11. The van der Waals surface area contributed by atoms with Crippen LogP contribution in [0.2, 0.25) is 5.02 Å². The lowest BCUT2D eigenvalue weighted by Gasteiger charge is -2.25. The highest BCUT2D eigenvalue weighted by molar-refractivity contribution is 7.93. The van der Waals surface area contributed by atoms with E-state index in [1.54, 1.807) is 0 Å². The molecule has 36 heavy (non-hydrogen) atoms. The van der Waals surface area contributed by atoms with Gasteiger partial charge >= 0.3 is 0 Å². The summed E-state index contributed by atoms with van der Waals surface area (Å²) in [6.45, 7) is 1.48. The molecular weight excluding hydrogens is 512 g/mol. The fourth-order valence-electron chi connectivity index (χ4n) is 3.90. The third-order valence-electron chi connectivity index (χ3n) is 6.09. The molecule has 0 spiro atoms. The van der Waals surface area contributed by atoms with Gasteiger partial charge in [0.15, 0.2) is 11.5 Å². The summed E-state index contributed by atoms with van der Waals surface area (Å²) in [5.74, 6) is 1.41. The molecule has 4 rings (SSSR count). The van der Waals surface area contributed by atoms with Gasteiger partial charge in [0.05, 0.1) is 19.2 Å². The Bertz CT molecular complexity index is 1280. The molecule has 0 amide bonds. The summed E-state index contributed by atoms with van der Waals surface area (Å²) in [6.07, 6.45) is 6.91. The molecule has 2 atom stereocenters. The second-order valence-electron chi connectivity index (χ2n) is 8.29. The Morgan fingerprint density at radius 3 is 2.25 bits per heavy atom. The van der Waals surface area contributed by atoms with Gasteiger partial charge in [0.2, 0.25) is 27.7 Å². The van der Waals surface area contributed by atoms with Gasteiger partial charge in [-0.2, -0.15) is 9.97 Å². The van der Waals surface area contributed by atoms with E-state index in [2.05, 4.69) is 34.9 Å². The molecule has 15 heteroatoms. The minimum absolute atomic E-state index is 0.0607. The number of anilines is 1. The number of hydrogen-bond donors (Lipinski definition) is 1. The number of nitrogens with one attached hydrogen (secondary N) is 1. The van der Waals surface area contributed by atoms with Crippen LogP contribution in [-0.4, -0.2) is 69.7 Å². The quantitative estimate of drug-likeness (QED) is 0.382. The van der Waals surface area contributed by atoms with Crippen molar-refractivity contribution in [3.8, 4) is 17.4 Å². The van der Waals surface area contributed by atoms with Crippen molar-refractivity contribution in [2.75, 3.05) is 26.1 Å². The van der Waals surface area contributed by atoms with Crippen LogP contribution in [0.3, 0.4) is 0 Å². The Morgan fingerprint density at radius 2 is 1.72 bits per heavy atom. The molecule has 3 heterocycles. The van der Waals surface area contributed by atoms with Gasteiger partial charge in [-0.05, 0) is 12.8 Å². The van der Waals surface area contributed by atoms with Crippen molar-refractivity contribution < 1.29 is 22.6 Å².